The minimum atomic E-state index is -0.517. The van der Waals surface area contributed by atoms with Crippen molar-refractivity contribution in [1.29, 1.82) is 0 Å². The molecule has 8 nitrogen and oxygen atoms in total. The first kappa shape index (κ1) is 19.4. The maximum Gasteiger partial charge on any atom is 0.261 e. The highest BCUT2D eigenvalue weighted by Gasteiger charge is 2.33. The van der Waals surface area contributed by atoms with Crippen molar-refractivity contribution in [3.8, 4) is 5.75 Å². The fourth-order valence-electron chi connectivity index (χ4n) is 3.47. The number of carbonyl (C=O) groups is 3. The Morgan fingerprint density at radius 3 is 2.37 bits per heavy atom. The second kappa shape index (κ2) is 7.47. The molecule has 1 N–H and O–H groups in total. The van der Waals surface area contributed by atoms with Gasteiger partial charge in [-0.25, -0.2) is 4.98 Å². The molecule has 0 spiro atoms. The molecule has 2 heterocycles. The van der Waals surface area contributed by atoms with Crippen LogP contribution in [0.3, 0.4) is 0 Å². The standard InChI is InChI=1S/C22H20N4O4/c1-25-11-10-23-19(25)18(13-4-7-15(30-3)8-5-13)24-20(27)14-6-9-16-17(12-14)22(29)26(2)21(16)28/h4-12,18H,1-3H3,(H,24,27)/t18-/m1/s1. The molecule has 4 rings (SSSR count). The molecule has 30 heavy (non-hydrogen) atoms. The van der Waals surface area contributed by atoms with Crippen molar-refractivity contribution >= 4 is 17.7 Å². The molecule has 1 atom stereocenters. The minimum Gasteiger partial charge on any atom is -0.497 e. The van der Waals surface area contributed by atoms with Gasteiger partial charge in [0, 0.05) is 32.1 Å². The van der Waals surface area contributed by atoms with Gasteiger partial charge in [-0.15, -0.1) is 0 Å². The van der Waals surface area contributed by atoms with Crippen LogP contribution in [-0.2, 0) is 7.05 Å². The number of ether oxygens (including phenoxy) is 1. The van der Waals surface area contributed by atoms with Gasteiger partial charge >= 0.3 is 0 Å². The van der Waals surface area contributed by atoms with E-state index in [-0.39, 0.29) is 22.9 Å². The Bertz CT molecular complexity index is 1150. The Labute approximate surface area is 173 Å². The van der Waals surface area contributed by atoms with Crippen LogP contribution in [0.25, 0.3) is 0 Å². The van der Waals surface area contributed by atoms with Gasteiger partial charge in [0.25, 0.3) is 17.7 Å². The Balaban J connectivity index is 1.67. The molecule has 0 aliphatic carbocycles. The number of imide groups is 1. The molecule has 1 aromatic heterocycles. The highest BCUT2D eigenvalue weighted by Crippen LogP contribution is 2.25. The first-order valence-electron chi connectivity index (χ1n) is 9.29. The second-order valence-corrected chi connectivity index (χ2v) is 7.01. The normalized spacial score (nSPS) is 13.9. The first-order chi connectivity index (χ1) is 14.4. The SMILES string of the molecule is COc1ccc([C@@H](NC(=O)c2ccc3c(c2)C(=O)N(C)C3=O)c2nccn2C)cc1. The van der Waals surface area contributed by atoms with Crippen molar-refractivity contribution in [2.24, 2.45) is 7.05 Å². The molecular formula is C22H20N4O4. The van der Waals surface area contributed by atoms with Crippen LogP contribution >= 0.6 is 0 Å². The van der Waals surface area contributed by atoms with Crippen LogP contribution in [0.2, 0.25) is 0 Å². The molecular weight excluding hydrogens is 384 g/mol. The zero-order chi connectivity index (χ0) is 21.4. The van der Waals surface area contributed by atoms with E-state index in [0.717, 1.165) is 10.5 Å². The predicted octanol–water partition coefficient (Wildman–Crippen LogP) is 2.17. The molecule has 0 saturated heterocycles. The average molecular weight is 404 g/mol. The molecule has 0 saturated carbocycles. The topological polar surface area (TPSA) is 93.5 Å². The summed E-state index contributed by atoms with van der Waals surface area (Å²) < 4.78 is 7.04. The largest absolute Gasteiger partial charge is 0.497 e. The summed E-state index contributed by atoms with van der Waals surface area (Å²) in [5, 5.41) is 2.99. The molecule has 1 aliphatic heterocycles. The fourth-order valence-corrected chi connectivity index (χ4v) is 3.47. The summed E-state index contributed by atoms with van der Waals surface area (Å²) in [4.78, 5) is 42.8. The van der Waals surface area contributed by atoms with Crippen LogP contribution in [0.5, 0.6) is 5.75 Å². The van der Waals surface area contributed by atoms with Gasteiger partial charge in [0.2, 0.25) is 0 Å². The van der Waals surface area contributed by atoms with Crippen molar-refractivity contribution in [3.05, 3.63) is 82.9 Å². The van der Waals surface area contributed by atoms with Crippen LogP contribution in [0.15, 0.2) is 54.9 Å². The summed E-state index contributed by atoms with van der Waals surface area (Å²) in [6.45, 7) is 0. The van der Waals surface area contributed by atoms with Crippen LogP contribution in [0, 0.1) is 0 Å². The number of benzene rings is 2. The number of imidazole rings is 1. The number of methoxy groups -OCH3 is 1. The van der Waals surface area contributed by atoms with Gasteiger partial charge in [0.15, 0.2) is 0 Å². The number of hydrogen-bond acceptors (Lipinski definition) is 5. The van der Waals surface area contributed by atoms with Crippen molar-refractivity contribution in [2.75, 3.05) is 14.2 Å². The Hall–Kier alpha value is -3.94. The van der Waals surface area contributed by atoms with Gasteiger partial charge in [-0.2, -0.15) is 0 Å². The molecule has 1 aliphatic rings. The van der Waals surface area contributed by atoms with E-state index in [1.807, 2.05) is 35.9 Å². The third kappa shape index (κ3) is 3.22. The van der Waals surface area contributed by atoms with Crippen LogP contribution in [0.1, 0.15) is 48.5 Å². The van der Waals surface area contributed by atoms with Gasteiger partial charge < -0.3 is 14.6 Å². The van der Waals surface area contributed by atoms with E-state index in [1.165, 1.54) is 19.2 Å². The zero-order valence-corrected chi connectivity index (χ0v) is 16.7. The number of nitrogens with one attached hydrogen (secondary N) is 1. The van der Waals surface area contributed by atoms with Gasteiger partial charge in [-0.05, 0) is 35.9 Å². The lowest BCUT2D eigenvalue weighted by molar-refractivity contribution is 0.0693. The van der Waals surface area contributed by atoms with E-state index in [4.69, 9.17) is 4.74 Å². The average Bonchev–Trinajstić information content (AvgIpc) is 3.28. The molecule has 0 unspecified atom stereocenters. The predicted molar refractivity (Wildman–Crippen MR) is 108 cm³/mol. The monoisotopic (exact) mass is 404 g/mol. The summed E-state index contributed by atoms with van der Waals surface area (Å²) >= 11 is 0. The van der Waals surface area contributed by atoms with Crippen molar-refractivity contribution in [1.82, 2.24) is 19.8 Å². The molecule has 0 radical (unpaired) electrons. The number of fused-ring (bicyclic) bond motifs is 1. The Morgan fingerprint density at radius 1 is 1.03 bits per heavy atom. The summed E-state index contributed by atoms with van der Waals surface area (Å²) in [7, 11) is 4.86. The van der Waals surface area contributed by atoms with Gasteiger partial charge in [-0.1, -0.05) is 12.1 Å². The van der Waals surface area contributed by atoms with Gasteiger partial charge in [-0.3, -0.25) is 19.3 Å². The van der Waals surface area contributed by atoms with Crippen LogP contribution in [-0.4, -0.2) is 46.3 Å². The smallest absolute Gasteiger partial charge is 0.261 e. The minimum absolute atomic E-state index is 0.230. The number of rotatable bonds is 5. The zero-order valence-electron chi connectivity index (χ0n) is 16.7. The summed E-state index contributed by atoms with van der Waals surface area (Å²) in [6, 6.07) is 11.3. The summed E-state index contributed by atoms with van der Waals surface area (Å²) in [6.07, 6.45) is 3.46. The van der Waals surface area contributed by atoms with E-state index in [2.05, 4.69) is 10.3 Å². The maximum absolute atomic E-state index is 13.0. The molecule has 0 fully saturated rings. The third-order valence-corrected chi connectivity index (χ3v) is 5.19. The number of aromatic nitrogens is 2. The van der Waals surface area contributed by atoms with E-state index in [1.54, 1.807) is 25.6 Å². The third-order valence-electron chi connectivity index (χ3n) is 5.19. The summed E-state index contributed by atoms with van der Waals surface area (Å²) in [5.74, 6) is 0.193. The molecule has 2 aromatic carbocycles. The molecule has 0 bridgehead atoms. The highest BCUT2D eigenvalue weighted by molar-refractivity contribution is 6.21. The molecule has 3 aromatic rings. The van der Waals surface area contributed by atoms with Gasteiger partial charge in [0.1, 0.15) is 17.6 Å². The van der Waals surface area contributed by atoms with E-state index >= 15 is 0 Å². The number of hydrogen-bond donors (Lipinski definition) is 1. The van der Waals surface area contributed by atoms with E-state index < -0.39 is 11.9 Å². The number of amides is 3. The van der Waals surface area contributed by atoms with Crippen molar-refractivity contribution in [3.63, 3.8) is 0 Å². The lowest BCUT2D eigenvalue weighted by Gasteiger charge is -2.19. The molecule has 8 heteroatoms. The number of nitrogens with zero attached hydrogens (tertiary/aromatic N) is 3. The lowest BCUT2D eigenvalue weighted by Crippen LogP contribution is -2.31. The quantitative estimate of drug-likeness (QED) is 0.658. The van der Waals surface area contributed by atoms with Gasteiger partial charge in [0.05, 0.1) is 18.2 Å². The highest BCUT2D eigenvalue weighted by atomic mass is 16.5. The Kier molecular flexibility index (Phi) is 4.83. The van der Waals surface area contributed by atoms with Crippen molar-refractivity contribution in [2.45, 2.75) is 6.04 Å². The van der Waals surface area contributed by atoms with Crippen LogP contribution < -0.4 is 10.1 Å². The maximum atomic E-state index is 13.0. The fraction of sp³-hybridized carbons (Fsp3) is 0.182. The number of carbonyl (C=O) groups excluding carboxylic acids is 3. The summed E-state index contributed by atoms with van der Waals surface area (Å²) in [5.41, 5.74) is 1.64. The number of aryl methyl sites for hydroxylation is 1. The first-order valence-corrected chi connectivity index (χ1v) is 9.29. The molecule has 152 valence electrons. The Morgan fingerprint density at radius 2 is 1.73 bits per heavy atom. The van der Waals surface area contributed by atoms with E-state index in [9.17, 15) is 14.4 Å². The van der Waals surface area contributed by atoms with Crippen LogP contribution in [0.4, 0.5) is 0 Å². The second-order valence-electron chi connectivity index (χ2n) is 7.01. The molecule has 3 amide bonds. The van der Waals surface area contributed by atoms with E-state index in [0.29, 0.717) is 17.1 Å². The van der Waals surface area contributed by atoms with Crippen molar-refractivity contribution < 1.29 is 19.1 Å². The lowest BCUT2D eigenvalue weighted by atomic mass is 10.0.